The summed E-state index contributed by atoms with van der Waals surface area (Å²) in [5.41, 5.74) is 0.338. The lowest BCUT2D eigenvalue weighted by Crippen LogP contribution is -2.47. The van der Waals surface area contributed by atoms with Gasteiger partial charge in [0.15, 0.2) is 0 Å². The third-order valence-electron chi connectivity index (χ3n) is 4.94. The van der Waals surface area contributed by atoms with Gasteiger partial charge in [-0.2, -0.15) is 8.78 Å². The molecular formula is C24H27F2N2O6+. The van der Waals surface area contributed by atoms with E-state index >= 15 is 8.78 Å². The molecule has 1 aliphatic heterocycles. The van der Waals surface area contributed by atoms with Crippen molar-refractivity contribution in [2.24, 2.45) is 0 Å². The lowest BCUT2D eigenvalue weighted by molar-refractivity contribution is -0.484. The minimum atomic E-state index is -3.74. The van der Waals surface area contributed by atoms with Crippen LogP contribution in [0.5, 0.6) is 0 Å². The van der Waals surface area contributed by atoms with Gasteiger partial charge >= 0.3 is 23.9 Å². The summed E-state index contributed by atoms with van der Waals surface area (Å²) in [4.78, 5) is 26.4. The van der Waals surface area contributed by atoms with E-state index in [2.05, 4.69) is 0 Å². The lowest BCUT2D eigenvalue weighted by atomic mass is 10.1. The number of carbonyl (C=O) groups excluding carboxylic acids is 2. The molecule has 8 nitrogen and oxygen atoms in total. The number of hydrogen-bond acceptors (Lipinski definition) is 6. The highest BCUT2D eigenvalue weighted by molar-refractivity contribution is 5.90. The van der Waals surface area contributed by atoms with Crippen molar-refractivity contribution in [1.29, 1.82) is 0 Å². The standard InChI is InChI=1S/C24H27F2N2O6/c1-27(2)23(28(3)4)34-22-24(25,26)19(33-21(30)17-13-9-6-10-14-17)18(32-22)15-31-20(29)16-11-7-5-8-12-16/h5-14,18-19,22H,15H2,1-4H3/q+1/t18-,19-,22?/m1/s1. The van der Waals surface area contributed by atoms with Crippen molar-refractivity contribution in [2.45, 2.75) is 24.4 Å². The van der Waals surface area contributed by atoms with E-state index in [4.69, 9.17) is 18.9 Å². The molecule has 0 saturated carbocycles. The van der Waals surface area contributed by atoms with Crippen LogP contribution < -0.4 is 0 Å². The number of halogens is 2. The summed E-state index contributed by atoms with van der Waals surface area (Å²) < 4.78 is 53.6. The van der Waals surface area contributed by atoms with Gasteiger partial charge in [-0.3, -0.25) is 0 Å². The fraction of sp³-hybridized carbons (Fsp3) is 0.375. The third kappa shape index (κ3) is 5.69. The first-order valence-electron chi connectivity index (χ1n) is 10.5. The second-order valence-electron chi connectivity index (χ2n) is 8.03. The van der Waals surface area contributed by atoms with Crippen molar-refractivity contribution in [1.82, 2.24) is 4.90 Å². The summed E-state index contributed by atoms with van der Waals surface area (Å²) in [6.45, 7) is -0.574. The highest BCUT2D eigenvalue weighted by atomic mass is 19.3. The van der Waals surface area contributed by atoms with E-state index in [1.54, 1.807) is 64.6 Å². The van der Waals surface area contributed by atoms with Crippen LogP contribution in [0.25, 0.3) is 0 Å². The van der Waals surface area contributed by atoms with Crippen LogP contribution >= 0.6 is 0 Å². The zero-order valence-corrected chi connectivity index (χ0v) is 19.3. The summed E-state index contributed by atoms with van der Waals surface area (Å²) >= 11 is 0. The molecule has 2 aromatic carbocycles. The SMILES string of the molecule is CN(C)C(OC1O[C@H](COC(=O)c2ccccc2)[C@@H](OC(=O)c2ccccc2)C1(F)F)=[N+](C)C. The number of amidine groups is 1. The summed E-state index contributed by atoms with van der Waals surface area (Å²) in [6, 6.07) is 15.9. The van der Waals surface area contributed by atoms with E-state index < -0.39 is 43.0 Å². The average Bonchev–Trinajstić information content (AvgIpc) is 3.05. The van der Waals surface area contributed by atoms with Crippen LogP contribution in [0.4, 0.5) is 8.78 Å². The van der Waals surface area contributed by atoms with Crippen LogP contribution in [-0.4, -0.2) is 86.7 Å². The van der Waals surface area contributed by atoms with Crippen LogP contribution in [0.1, 0.15) is 20.7 Å². The van der Waals surface area contributed by atoms with Crippen molar-refractivity contribution < 1.29 is 41.9 Å². The molecule has 1 unspecified atom stereocenters. The van der Waals surface area contributed by atoms with Crippen molar-refractivity contribution in [2.75, 3.05) is 34.8 Å². The number of nitrogens with zero attached hydrogens (tertiary/aromatic N) is 2. The minimum absolute atomic E-state index is 0.0940. The quantitative estimate of drug-likeness (QED) is 0.274. The van der Waals surface area contributed by atoms with Gasteiger partial charge in [-0.05, 0) is 24.3 Å². The largest absolute Gasteiger partial charge is 0.459 e. The Kier molecular flexibility index (Phi) is 7.83. The maximum Gasteiger partial charge on any atom is 0.447 e. The molecule has 1 fully saturated rings. The second kappa shape index (κ2) is 10.6. The molecule has 1 saturated heterocycles. The molecule has 2 aromatic rings. The van der Waals surface area contributed by atoms with Crippen molar-refractivity contribution in [3.8, 4) is 0 Å². The highest BCUT2D eigenvalue weighted by Gasteiger charge is 2.64. The maximum atomic E-state index is 15.4. The Labute approximate surface area is 196 Å². The van der Waals surface area contributed by atoms with E-state index in [0.29, 0.717) is 0 Å². The normalized spacial score (nSPS) is 20.8. The first kappa shape index (κ1) is 25.1. The number of esters is 2. The number of ether oxygens (including phenoxy) is 4. The topological polar surface area (TPSA) is 77.3 Å². The monoisotopic (exact) mass is 477 g/mol. The number of alkyl halides is 2. The zero-order chi connectivity index (χ0) is 24.9. The van der Waals surface area contributed by atoms with Crippen LogP contribution in [-0.2, 0) is 18.9 Å². The Morgan fingerprint density at radius 3 is 1.97 bits per heavy atom. The van der Waals surface area contributed by atoms with Crippen molar-refractivity contribution in [3.05, 3.63) is 71.8 Å². The van der Waals surface area contributed by atoms with Gasteiger partial charge in [0.05, 0.1) is 39.3 Å². The lowest BCUT2D eigenvalue weighted by Gasteiger charge is -2.24. The van der Waals surface area contributed by atoms with Crippen LogP contribution in [0, 0.1) is 0 Å². The average molecular weight is 477 g/mol. The van der Waals surface area contributed by atoms with Gasteiger partial charge in [-0.15, -0.1) is 0 Å². The van der Waals surface area contributed by atoms with E-state index in [0.717, 1.165) is 0 Å². The Morgan fingerprint density at radius 1 is 0.941 bits per heavy atom. The number of hydrogen-bond donors (Lipinski definition) is 0. The van der Waals surface area contributed by atoms with Crippen LogP contribution in [0.3, 0.4) is 0 Å². The Morgan fingerprint density at radius 2 is 1.47 bits per heavy atom. The first-order valence-corrected chi connectivity index (χ1v) is 10.5. The van der Waals surface area contributed by atoms with Crippen LogP contribution in [0.2, 0.25) is 0 Å². The van der Waals surface area contributed by atoms with Crippen molar-refractivity contribution in [3.63, 3.8) is 0 Å². The van der Waals surface area contributed by atoms with Gasteiger partial charge < -0.3 is 18.9 Å². The third-order valence-corrected chi connectivity index (χ3v) is 4.94. The molecule has 0 radical (unpaired) electrons. The summed E-state index contributed by atoms with van der Waals surface area (Å²) in [6.07, 6.45) is -5.61. The Hall–Kier alpha value is -3.53. The number of carbonyl (C=O) groups is 2. The molecule has 10 heteroatoms. The Bertz CT molecular complexity index is 1030. The smallest absolute Gasteiger partial charge is 0.447 e. The molecule has 0 bridgehead atoms. The summed E-state index contributed by atoms with van der Waals surface area (Å²) in [7, 11) is 6.48. The van der Waals surface area contributed by atoms with Crippen molar-refractivity contribution >= 4 is 18.0 Å². The predicted octanol–water partition coefficient (Wildman–Crippen LogP) is 2.64. The summed E-state index contributed by atoms with van der Waals surface area (Å²) in [5, 5.41) is 0. The predicted molar refractivity (Wildman–Crippen MR) is 118 cm³/mol. The second-order valence-corrected chi connectivity index (χ2v) is 8.03. The van der Waals surface area contributed by atoms with E-state index in [1.165, 1.54) is 33.7 Å². The van der Waals surface area contributed by atoms with Gasteiger partial charge in [0.1, 0.15) is 12.7 Å². The highest BCUT2D eigenvalue weighted by Crippen LogP contribution is 2.39. The van der Waals surface area contributed by atoms with Gasteiger partial charge in [-0.25, -0.2) is 19.1 Å². The first-order chi connectivity index (χ1) is 16.1. The van der Waals surface area contributed by atoms with E-state index in [9.17, 15) is 9.59 Å². The van der Waals surface area contributed by atoms with Gasteiger partial charge in [0, 0.05) is 0 Å². The minimum Gasteiger partial charge on any atom is -0.459 e. The molecule has 1 aliphatic rings. The molecule has 0 aliphatic carbocycles. The van der Waals surface area contributed by atoms with Gasteiger partial charge in [-0.1, -0.05) is 36.4 Å². The zero-order valence-electron chi connectivity index (χ0n) is 19.3. The van der Waals surface area contributed by atoms with Gasteiger partial charge in [0.2, 0.25) is 6.10 Å². The Balaban J connectivity index is 1.83. The van der Waals surface area contributed by atoms with E-state index in [-0.39, 0.29) is 17.1 Å². The molecule has 1 heterocycles. The molecular weight excluding hydrogens is 450 g/mol. The molecule has 3 atom stereocenters. The van der Waals surface area contributed by atoms with Gasteiger partial charge in [0.25, 0.3) is 6.29 Å². The molecule has 34 heavy (non-hydrogen) atoms. The molecule has 182 valence electrons. The fourth-order valence-corrected chi connectivity index (χ4v) is 3.37. The number of benzene rings is 2. The molecule has 3 rings (SSSR count). The van der Waals surface area contributed by atoms with E-state index in [1.807, 2.05) is 0 Å². The molecule has 0 N–H and O–H groups in total. The number of rotatable bonds is 6. The fourth-order valence-electron chi connectivity index (χ4n) is 3.37. The summed E-state index contributed by atoms with van der Waals surface area (Å²) in [5.74, 6) is -5.43. The molecule has 0 spiro atoms. The van der Waals surface area contributed by atoms with Crippen LogP contribution in [0.15, 0.2) is 60.7 Å². The maximum absolute atomic E-state index is 15.4. The molecule has 0 amide bonds. The molecule has 0 aromatic heterocycles.